The lowest BCUT2D eigenvalue weighted by Gasteiger charge is -2.27. The molecule has 1 heterocycles. The Morgan fingerprint density at radius 2 is 1.83 bits per heavy atom. The molecule has 5 heteroatoms. The molecular formula is C13H21NO4. The minimum absolute atomic E-state index is 0.112. The van der Waals surface area contributed by atoms with Gasteiger partial charge in [-0.05, 0) is 25.7 Å². The van der Waals surface area contributed by atoms with Gasteiger partial charge in [-0.25, -0.2) is 0 Å². The number of nitrogens with one attached hydrogen (secondary N) is 1. The van der Waals surface area contributed by atoms with Crippen LogP contribution >= 0.6 is 0 Å². The molecule has 0 bridgehead atoms. The lowest BCUT2D eigenvalue weighted by Crippen LogP contribution is -2.42. The third kappa shape index (κ3) is 3.22. The molecule has 3 atom stereocenters. The van der Waals surface area contributed by atoms with Crippen molar-refractivity contribution in [3.8, 4) is 0 Å². The van der Waals surface area contributed by atoms with E-state index in [0.717, 1.165) is 32.3 Å². The molecule has 0 radical (unpaired) electrons. The Balaban J connectivity index is 1.83. The molecule has 0 unspecified atom stereocenters. The van der Waals surface area contributed by atoms with Crippen LogP contribution in [0.5, 0.6) is 0 Å². The first-order valence-corrected chi connectivity index (χ1v) is 6.80. The standard InChI is InChI=1S/C13H21NO4/c15-12(14-8-9-4-3-7-18-9)10-5-1-2-6-11(10)13(16)17/h9-11H,1-8H2,(H,14,15)(H,16,17)/t9-,10+,11+/m0/s1. The molecule has 1 saturated heterocycles. The van der Waals surface area contributed by atoms with Gasteiger partial charge in [0.05, 0.1) is 17.9 Å². The number of aliphatic carboxylic acids is 1. The predicted octanol–water partition coefficient (Wildman–Crippen LogP) is 1.17. The zero-order valence-electron chi connectivity index (χ0n) is 10.6. The fourth-order valence-corrected chi connectivity index (χ4v) is 2.89. The summed E-state index contributed by atoms with van der Waals surface area (Å²) in [6.45, 7) is 1.28. The average Bonchev–Trinajstić information content (AvgIpc) is 2.89. The molecule has 0 aromatic heterocycles. The number of hydrogen-bond acceptors (Lipinski definition) is 3. The second-order valence-electron chi connectivity index (χ2n) is 5.22. The van der Waals surface area contributed by atoms with Gasteiger partial charge >= 0.3 is 5.97 Å². The third-order valence-electron chi connectivity index (χ3n) is 3.95. The molecule has 0 spiro atoms. The molecule has 0 aromatic rings. The van der Waals surface area contributed by atoms with Crippen LogP contribution in [0.4, 0.5) is 0 Å². The molecule has 1 saturated carbocycles. The van der Waals surface area contributed by atoms with Crippen LogP contribution in [0.25, 0.3) is 0 Å². The molecule has 1 aliphatic heterocycles. The van der Waals surface area contributed by atoms with E-state index in [-0.39, 0.29) is 17.9 Å². The zero-order chi connectivity index (χ0) is 13.0. The van der Waals surface area contributed by atoms with E-state index in [9.17, 15) is 9.59 Å². The topological polar surface area (TPSA) is 75.6 Å². The van der Waals surface area contributed by atoms with Crippen LogP contribution in [0.2, 0.25) is 0 Å². The SMILES string of the molecule is O=C(O)[C@@H]1CCCC[C@H]1C(=O)NC[C@@H]1CCCO1. The first kappa shape index (κ1) is 13.3. The van der Waals surface area contributed by atoms with Crippen LogP contribution < -0.4 is 5.32 Å². The summed E-state index contributed by atoms with van der Waals surface area (Å²) in [5.74, 6) is -1.83. The van der Waals surface area contributed by atoms with Crippen molar-refractivity contribution in [2.45, 2.75) is 44.6 Å². The second kappa shape index (κ2) is 6.18. The molecule has 1 aliphatic carbocycles. The fourth-order valence-electron chi connectivity index (χ4n) is 2.89. The molecule has 5 nitrogen and oxygen atoms in total. The Kier molecular flexibility index (Phi) is 4.58. The Bertz CT molecular complexity index is 312. The number of amides is 1. The number of carbonyl (C=O) groups excluding carboxylic acids is 1. The summed E-state index contributed by atoms with van der Waals surface area (Å²) in [7, 11) is 0. The fraction of sp³-hybridized carbons (Fsp3) is 0.846. The smallest absolute Gasteiger partial charge is 0.307 e. The number of ether oxygens (including phenoxy) is 1. The maximum atomic E-state index is 12.0. The molecule has 2 aliphatic rings. The summed E-state index contributed by atoms with van der Waals surface area (Å²) < 4.78 is 5.43. The lowest BCUT2D eigenvalue weighted by molar-refractivity contribution is -0.149. The van der Waals surface area contributed by atoms with Gasteiger partial charge in [0.2, 0.25) is 5.91 Å². The summed E-state index contributed by atoms with van der Waals surface area (Å²) in [4.78, 5) is 23.2. The Labute approximate surface area is 107 Å². The summed E-state index contributed by atoms with van der Waals surface area (Å²) in [5.41, 5.74) is 0. The molecule has 18 heavy (non-hydrogen) atoms. The molecule has 2 fully saturated rings. The Morgan fingerprint density at radius 3 is 2.44 bits per heavy atom. The van der Waals surface area contributed by atoms with Crippen LogP contribution in [-0.2, 0) is 14.3 Å². The van der Waals surface area contributed by atoms with Crippen LogP contribution in [0.1, 0.15) is 38.5 Å². The van der Waals surface area contributed by atoms with Gasteiger partial charge in [-0.3, -0.25) is 9.59 Å². The van der Waals surface area contributed by atoms with Gasteiger partial charge < -0.3 is 15.2 Å². The minimum Gasteiger partial charge on any atom is -0.481 e. The second-order valence-corrected chi connectivity index (χ2v) is 5.22. The normalized spacial score (nSPS) is 32.1. The quantitative estimate of drug-likeness (QED) is 0.790. The number of carboxylic acids is 1. The van der Waals surface area contributed by atoms with Crippen molar-refractivity contribution in [2.75, 3.05) is 13.2 Å². The lowest BCUT2D eigenvalue weighted by atomic mass is 9.78. The summed E-state index contributed by atoms with van der Waals surface area (Å²) in [6, 6.07) is 0. The van der Waals surface area contributed by atoms with Gasteiger partial charge in [0.15, 0.2) is 0 Å². The highest BCUT2D eigenvalue weighted by molar-refractivity contribution is 5.84. The van der Waals surface area contributed by atoms with Gasteiger partial charge in [0.25, 0.3) is 0 Å². The number of carbonyl (C=O) groups is 2. The summed E-state index contributed by atoms with van der Waals surface area (Å²) in [6.07, 6.45) is 5.30. The predicted molar refractivity (Wildman–Crippen MR) is 65.1 cm³/mol. The minimum atomic E-state index is -0.841. The Morgan fingerprint density at radius 1 is 1.11 bits per heavy atom. The van der Waals surface area contributed by atoms with Crippen LogP contribution in [0, 0.1) is 11.8 Å². The van der Waals surface area contributed by atoms with E-state index in [0.29, 0.717) is 19.4 Å². The molecule has 2 N–H and O–H groups in total. The van der Waals surface area contributed by atoms with Crippen molar-refractivity contribution in [2.24, 2.45) is 11.8 Å². The van der Waals surface area contributed by atoms with Gasteiger partial charge in [-0.15, -0.1) is 0 Å². The van der Waals surface area contributed by atoms with Crippen molar-refractivity contribution < 1.29 is 19.4 Å². The van der Waals surface area contributed by atoms with Crippen molar-refractivity contribution in [3.05, 3.63) is 0 Å². The van der Waals surface area contributed by atoms with E-state index in [1.165, 1.54) is 0 Å². The zero-order valence-corrected chi connectivity index (χ0v) is 10.6. The number of carboxylic acid groups (broad SMARTS) is 1. The highest BCUT2D eigenvalue weighted by Crippen LogP contribution is 2.30. The number of hydrogen-bond donors (Lipinski definition) is 2. The van der Waals surface area contributed by atoms with Gasteiger partial charge in [-0.1, -0.05) is 12.8 Å². The van der Waals surface area contributed by atoms with Crippen LogP contribution in [0.3, 0.4) is 0 Å². The maximum absolute atomic E-state index is 12.0. The molecular weight excluding hydrogens is 234 g/mol. The number of rotatable bonds is 4. The monoisotopic (exact) mass is 255 g/mol. The average molecular weight is 255 g/mol. The Hall–Kier alpha value is -1.10. The van der Waals surface area contributed by atoms with Crippen molar-refractivity contribution in [1.29, 1.82) is 0 Å². The van der Waals surface area contributed by atoms with Gasteiger partial charge in [0, 0.05) is 13.2 Å². The van der Waals surface area contributed by atoms with Crippen molar-refractivity contribution in [3.63, 3.8) is 0 Å². The van der Waals surface area contributed by atoms with E-state index < -0.39 is 11.9 Å². The first-order chi connectivity index (χ1) is 8.68. The van der Waals surface area contributed by atoms with E-state index in [1.807, 2.05) is 0 Å². The van der Waals surface area contributed by atoms with E-state index >= 15 is 0 Å². The van der Waals surface area contributed by atoms with E-state index in [2.05, 4.69) is 5.32 Å². The van der Waals surface area contributed by atoms with Crippen molar-refractivity contribution >= 4 is 11.9 Å². The maximum Gasteiger partial charge on any atom is 0.307 e. The van der Waals surface area contributed by atoms with Gasteiger partial charge in [-0.2, -0.15) is 0 Å². The molecule has 0 aromatic carbocycles. The molecule has 2 rings (SSSR count). The molecule has 102 valence electrons. The van der Waals surface area contributed by atoms with Crippen LogP contribution in [0.15, 0.2) is 0 Å². The first-order valence-electron chi connectivity index (χ1n) is 6.80. The van der Waals surface area contributed by atoms with Crippen LogP contribution in [-0.4, -0.2) is 36.2 Å². The highest BCUT2D eigenvalue weighted by Gasteiger charge is 2.35. The molecule has 1 amide bonds. The highest BCUT2D eigenvalue weighted by atomic mass is 16.5. The van der Waals surface area contributed by atoms with E-state index in [4.69, 9.17) is 9.84 Å². The van der Waals surface area contributed by atoms with Gasteiger partial charge in [0.1, 0.15) is 0 Å². The third-order valence-corrected chi connectivity index (χ3v) is 3.95. The van der Waals surface area contributed by atoms with E-state index in [1.54, 1.807) is 0 Å². The summed E-state index contributed by atoms with van der Waals surface area (Å²) >= 11 is 0. The summed E-state index contributed by atoms with van der Waals surface area (Å²) in [5, 5.41) is 12.0. The largest absolute Gasteiger partial charge is 0.481 e. The van der Waals surface area contributed by atoms with Crippen molar-refractivity contribution in [1.82, 2.24) is 5.32 Å².